The molecule has 4 N–H and O–H groups in total. The van der Waals surface area contributed by atoms with Crippen molar-refractivity contribution in [3.63, 3.8) is 0 Å². The van der Waals surface area contributed by atoms with E-state index in [1.165, 1.54) is 5.56 Å². The summed E-state index contributed by atoms with van der Waals surface area (Å²) >= 11 is 0. The van der Waals surface area contributed by atoms with Gasteiger partial charge in [0.15, 0.2) is 0 Å². The van der Waals surface area contributed by atoms with Gasteiger partial charge in [-0.2, -0.15) is 0 Å². The molecule has 0 aromatic heterocycles. The van der Waals surface area contributed by atoms with Gasteiger partial charge in [-0.25, -0.2) is 0 Å². The van der Waals surface area contributed by atoms with Crippen LogP contribution in [0.2, 0.25) is 0 Å². The molecule has 2 unspecified atom stereocenters. The Morgan fingerprint density at radius 2 is 2.17 bits per heavy atom. The summed E-state index contributed by atoms with van der Waals surface area (Å²) in [6.07, 6.45) is 2.66. The van der Waals surface area contributed by atoms with E-state index in [-0.39, 0.29) is 24.5 Å². The SMILES string of the molecule is N=C(N)CC(c1ccccc1)N1CCCC1CO. The topological polar surface area (TPSA) is 73.3 Å². The highest BCUT2D eigenvalue weighted by Crippen LogP contribution is 2.31. The average Bonchev–Trinajstić information content (AvgIpc) is 2.85. The Labute approximate surface area is 108 Å². The minimum Gasteiger partial charge on any atom is -0.395 e. The van der Waals surface area contributed by atoms with Crippen molar-refractivity contribution < 1.29 is 5.11 Å². The quantitative estimate of drug-likeness (QED) is 0.545. The Morgan fingerprint density at radius 1 is 1.44 bits per heavy atom. The molecule has 0 spiro atoms. The fourth-order valence-corrected chi connectivity index (χ4v) is 2.77. The maximum atomic E-state index is 9.44. The van der Waals surface area contributed by atoms with Crippen molar-refractivity contribution in [2.24, 2.45) is 5.73 Å². The van der Waals surface area contributed by atoms with E-state index >= 15 is 0 Å². The standard InChI is InChI=1S/C14H21N3O/c15-14(16)9-13(11-5-2-1-3-6-11)17-8-4-7-12(17)10-18/h1-3,5-6,12-13,18H,4,7-10H2,(H3,15,16). The second-order valence-electron chi connectivity index (χ2n) is 4.87. The predicted molar refractivity (Wildman–Crippen MR) is 72.5 cm³/mol. The second kappa shape index (κ2) is 5.98. The predicted octanol–water partition coefficient (Wildman–Crippen LogP) is 1.51. The molecule has 4 heteroatoms. The van der Waals surface area contributed by atoms with Crippen LogP contribution in [-0.2, 0) is 0 Å². The van der Waals surface area contributed by atoms with Gasteiger partial charge in [-0.3, -0.25) is 10.3 Å². The molecule has 1 aliphatic heterocycles. The molecule has 18 heavy (non-hydrogen) atoms. The first-order chi connectivity index (χ1) is 8.72. The van der Waals surface area contributed by atoms with E-state index in [4.69, 9.17) is 11.1 Å². The molecule has 1 aromatic rings. The number of likely N-dealkylation sites (tertiary alicyclic amines) is 1. The van der Waals surface area contributed by atoms with Gasteiger partial charge in [0.05, 0.1) is 12.4 Å². The highest BCUT2D eigenvalue weighted by atomic mass is 16.3. The van der Waals surface area contributed by atoms with Crippen molar-refractivity contribution in [1.29, 1.82) is 5.41 Å². The van der Waals surface area contributed by atoms with Gasteiger partial charge in [-0.05, 0) is 24.9 Å². The number of rotatable bonds is 5. The van der Waals surface area contributed by atoms with Crippen molar-refractivity contribution >= 4 is 5.84 Å². The Bertz CT molecular complexity index is 393. The number of benzene rings is 1. The van der Waals surface area contributed by atoms with Gasteiger partial charge >= 0.3 is 0 Å². The van der Waals surface area contributed by atoms with Gasteiger partial charge in [0.1, 0.15) is 0 Å². The number of nitrogens with two attached hydrogens (primary N) is 1. The van der Waals surface area contributed by atoms with E-state index in [2.05, 4.69) is 17.0 Å². The summed E-state index contributed by atoms with van der Waals surface area (Å²) in [5.41, 5.74) is 6.75. The van der Waals surface area contributed by atoms with Crippen LogP contribution in [0.5, 0.6) is 0 Å². The van der Waals surface area contributed by atoms with Crippen LogP contribution in [0.3, 0.4) is 0 Å². The van der Waals surface area contributed by atoms with Gasteiger partial charge in [-0.15, -0.1) is 0 Å². The van der Waals surface area contributed by atoms with Crippen molar-refractivity contribution in [1.82, 2.24) is 4.90 Å². The molecule has 0 saturated carbocycles. The number of amidine groups is 1. The zero-order chi connectivity index (χ0) is 13.0. The van der Waals surface area contributed by atoms with E-state index < -0.39 is 0 Å². The normalized spacial score (nSPS) is 21.9. The Morgan fingerprint density at radius 3 is 2.78 bits per heavy atom. The average molecular weight is 247 g/mol. The lowest BCUT2D eigenvalue weighted by atomic mass is 10.0. The third-order valence-corrected chi connectivity index (χ3v) is 3.63. The molecule has 1 aliphatic rings. The van der Waals surface area contributed by atoms with Crippen molar-refractivity contribution in [3.8, 4) is 0 Å². The molecule has 1 aromatic carbocycles. The Balaban J connectivity index is 2.22. The third-order valence-electron chi connectivity index (χ3n) is 3.63. The van der Waals surface area contributed by atoms with Gasteiger partial charge < -0.3 is 10.8 Å². The molecular weight excluding hydrogens is 226 g/mol. The largest absolute Gasteiger partial charge is 0.395 e. The van der Waals surface area contributed by atoms with Crippen LogP contribution in [0.25, 0.3) is 0 Å². The molecule has 98 valence electrons. The fourth-order valence-electron chi connectivity index (χ4n) is 2.77. The smallest absolute Gasteiger partial charge is 0.0924 e. The van der Waals surface area contributed by atoms with Crippen LogP contribution in [0, 0.1) is 5.41 Å². The van der Waals surface area contributed by atoms with E-state index in [1.54, 1.807) is 0 Å². The first-order valence-electron chi connectivity index (χ1n) is 6.47. The maximum absolute atomic E-state index is 9.44. The summed E-state index contributed by atoms with van der Waals surface area (Å²) in [7, 11) is 0. The molecule has 0 amide bonds. The summed E-state index contributed by atoms with van der Waals surface area (Å²) in [5.74, 6) is 0.201. The van der Waals surface area contributed by atoms with Crippen LogP contribution in [-0.4, -0.2) is 35.0 Å². The molecule has 0 aliphatic carbocycles. The van der Waals surface area contributed by atoms with Gasteiger partial charge in [-0.1, -0.05) is 30.3 Å². The minimum absolute atomic E-state index is 0.114. The molecule has 0 radical (unpaired) electrons. The number of hydrogen-bond donors (Lipinski definition) is 3. The number of nitrogens with one attached hydrogen (secondary N) is 1. The van der Waals surface area contributed by atoms with E-state index in [9.17, 15) is 5.11 Å². The van der Waals surface area contributed by atoms with Crippen LogP contribution in [0.4, 0.5) is 0 Å². The van der Waals surface area contributed by atoms with Crippen LogP contribution >= 0.6 is 0 Å². The molecular formula is C14H21N3O. The van der Waals surface area contributed by atoms with E-state index in [0.717, 1.165) is 19.4 Å². The summed E-state index contributed by atoms with van der Waals surface area (Å²) in [5, 5.41) is 17.0. The van der Waals surface area contributed by atoms with Crippen molar-refractivity contribution in [2.75, 3.05) is 13.2 Å². The first kappa shape index (κ1) is 13.1. The summed E-state index contributed by atoms with van der Waals surface area (Å²) < 4.78 is 0. The van der Waals surface area contributed by atoms with Crippen LogP contribution < -0.4 is 5.73 Å². The Kier molecular flexibility index (Phi) is 4.33. The summed E-state index contributed by atoms with van der Waals surface area (Å²) in [6.45, 7) is 1.15. The lowest BCUT2D eigenvalue weighted by Gasteiger charge is -2.32. The molecule has 4 nitrogen and oxygen atoms in total. The first-order valence-corrected chi connectivity index (χ1v) is 6.47. The van der Waals surface area contributed by atoms with Gasteiger partial charge in [0, 0.05) is 18.5 Å². The maximum Gasteiger partial charge on any atom is 0.0924 e. The number of aliphatic hydroxyl groups is 1. The molecule has 1 saturated heterocycles. The monoisotopic (exact) mass is 247 g/mol. The molecule has 2 atom stereocenters. The van der Waals surface area contributed by atoms with Gasteiger partial charge in [0.2, 0.25) is 0 Å². The Hall–Kier alpha value is -1.39. The van der Waals surface area contributed by atoms with Crippen molar-refractivity contribution in [3.05, 3.63) is 35.9 Å². The van der Waals surface area contributed by atoms with Crippen LogP contribution in [0.15, 0.2) is 30.3 Å². The molecule has 1 heterocycles. The van der Waals surface area contributed by atoms with Crippen LogP contribution in [0.1, 0.15) is 30.9 Å². The number of aliphatic hydroxyl groups excluding tert-OH is 1. The fraction of sp³-hybridized carbons (Fsp3) is 0.500. The highest BCUT2D eigenvalue weighted by molar-refractivity contribution is 5.77. The summed E-state index contributed by atoms with van der Waals surface area (Å²) in [6, 6.07) is 10.5. The van der Waals surface area contributed by atoms with E-state index in [1.807, 2.05) is 18.2 Å². The lowest BCUT2D eigenvalue weighted by Crippen LogP contribution is -2.37. The summed E-state index contributed by atoms with van der Waals surface area (Å²) in [4.78, 5) is 2.29. The molecule has 1 fully saturated rings. The minimum atomic E-state index is 0.114. The van der Waals surface area contributed by atoms with E-state index in [0.29, 0.717) is 6.42 Å². The second-order valence-corrected chi connectivity index (χ2v) is 4.87. The molecule has 0 bridgehead atoms. The highest BCUT2D eigenvalue weighted by Gasteiger charge is 2.31. The third kappa shape index (κ3) is 2.89. The zero-order valence-corrected chi connectivity index (χ0v) is 10.5. The molecule has 2 rings (SSSR count). The lowest BCUT2D eigenvalue weighted by molar-refractivity contribution is 0.121. The number of nitrogens with zero attached hydrogens (tertiary/aromatic N) is 1. The zero-order valence-electron chi connectivity index (χ0n) is 10.5. The number of hydrogen-bond acceptors (Lipinski definition) is 3. The van der Waals surface area contributed by atoms with Gasteiger partial charge in [0.25, 0.3) is 0 Å². The van der Waals surface area contributed by atoms with Crippen molar-refractivity contribution in [2.45, 2.75) is 31.3 Å².